The number of rotatable bonds is 8. The highest BCUT2D eigenvalue weighted by atomic mass is 32.2. The van der Waals surface area contributed by atoms with Crippen LogP contribution >= 0.6 is 11.8 Å². The second kappa shape index (κ2) is 8.80. The van der Waals surface area contributed by atoms with Crippen molar-refractivity contribution < 1.29 is 9.53 Å². The molecular formula is C13H20N2O2S. The van der Waals surface area contributed by atoms with E-state index in [1.54, 1.807) is 11.8 Å². The van der Waals surface area contributed by atoms with Gasteiger partial charge in [-0.25, -0.2) is 0 Å². The largest absolute Gasteiger partial charge is 0.469 e. The lowest BCUT2D eigenvalue weighted by Gasteiger charge is -2.06. The van der Waals surface area contributed by atoms with Crippen molar-refractivity contribution in [3.8, 4) is 0 Å². The van der Waals surface area contributed by atoms with Gasteiger partial charge < -0.3 is 10.1 Å². The molecule has 0 unspecified atom stereocenters. The van der Waals surface area contributed by atoms with Gasteiger partial charge in [0, 0.05) is 29.9 Å². The number of anilines is 1. The van der Waals surface area contributed by atoms with E-state index in [1.807, 2.05) is 12.3 Å². The molecule has 1 aromatic rings. The minimum atomic E-state index is -0.158. The SMILES string of the molecule is CCCNc1ccnc(CSCCC(=O)OC)c1. The molecule has 1 N–H and O–H groups in total. The molecule has 0 aliphatic carbocycles. The number of pyridine rings is 1. The van der Waals surface area contributed by atoms with Crippen LogP contribution in [0.1, 0.15) is 25.5 Å². The van der Waals surface area contributed by atoms with Crippen LogP contribution in [0.3, 0.4) is 0 Å². The van der Waals surface area contributed by atoms with E-state index < -0.39 is 0 Å². The summed E-state index contributed by atoms with van der Waals surface area (Å²) in [7, 11) is 1.41. The van der Waals surface area contributed by atoms with Gasteiger partial charge in [-0.05, 0) is 18.6 Å². The molecule has 100 valence electrons. The van der Waals surface area contributed by atoms with Crippen molar-refractivity contribution in [3.63, 3.8) is 0 Å². The Morgan fingerprint density at radius 3 is 3.11 bits per heavy atom. The Kier molecular flexibility index (Phi) is 7.25. The minimum Gasteiger partial charge on any atom is -0.469 e. The molecule has 18 heavy (non-hydrogen) atoms. The highest BCUT2D eigenvalue weighted by Crippen LogP contribution is 2.15. The first-order chi connectivity index (χ1) is 8.76. The van der Waals surface area contributed by atoms with E-state index >= 15 is 0 Å². The third-order valence-electron chi connectivity index (χ3n) is 2.32. The molecule has 0 aliphatic rings. The van der Waals surface area contributed by atoms with Gasteiger partial charge in [-0.3, -0.25) is 9.78 Å². The number of thioether (sulfide) groups is 1. The van der Waals surface area contributed by atoms with Crippen molar-refractivity contribution in [1.29, 1.82) is 0 Å². The fourth-order valence-electron chi connectivity index (χ4n) is 1.37. The van der Waals surface area contributed by atoms with E-state index in [-0.39, 0.29) is 5.97 Å². The van der Waals surface area contributed by atoms with Crippen molar-refractivity contribution in [1.82, 2.24) is 4.98 Å². The van der Waals surface area contributed by atoms with Crippen LogP contribution in [0.2, 0.25) is 0 Å². The fraction of sp³-hybridized carbons (Fsp3) is 0.538. The minimum absolute atomic E-state index is 0.158. The summed E-state index contributed by atoms with van der Waals surface area (Å²) >= 11 is 1.69. The number of aromatic nitrogens is 1. The molecule has 4 nitrogen and oxygen atoms in total. The lowest BCUT2D eigenvalue weighted by Crippen LogP contribution is -2.02. The third kappa shape index (κ3) is 5.91. The average molecular weight is 268 g/mol. The molecule has 0 aliphatic heterocycles. The van der Waals surface area contributed by atoms with E-state index in [0.717, 1.165) is 35.9 Å². The molecule has 1 rings (SSSR count). The standard InChI is InChI=1S/C13H20N2O2S/c1-3-6-14-11-4-7-15-12(9-11)10-18-8-5-13(16)17-2/h4,7,9H,3,5-6,8,10H2,1-2H3,(H,14,15). The Balaban J connectivity index is 2.31. The molecule has 0 fully saturated rings. The van der Waals surface area contributed by atoms with Crippen molar-refractivity contribution in [2.75, 3.05) is 24.7 Å². The zero-order chi connectivity index (χ0) is 13.2. The van der Waals surface area contributed by atoms with Crippen LogP contribution < -0.4 is 5.32 Å². The number of nitrogens with one attached hydrogen (secondary N) is 1. The molecule has 5 heteroatoms. The van der Waals surface area contributed by atoms with Gasteiger partial charge in [-0.15, -0.1) is 0 Å². The number of esters is 1. The molecule has 1 heterocycles. The molecule has 0 bridgehead atoms. The molecule has 0 atom stereocenters. The Hall–Kier alpha value is -1.23. The second-order valence-corrected chi connectivity index (χ2v) is 4.95. The molecule has 0 radical (unpaired) electrons. The Bertz CT molecular complexity index is 372. The van der Waals surface area contributed by atoms with E-state index in [9.17, 15) is 4.79 Å². The van der Waals surface area contributed by atoms with E-state index in [2.05, 4.69) is 28.0 Å². The number of ether oxygens (including phenoxy) is 1. The first kappa shape index (κ1) is 14.8. The molecule has 0 spiro atoms. The van der Waals surface area contributed by atoms with Crippen molar-refractivity contribution >= 4 is 23.4 Å². The summed E-state index contributed by atoms with van der Waals surface area (Å²) in [5, 5.41) is 3.33. The third-order valence-corrected chi connectivity index (χ3v) is 3.32. The molecule has 0 saturated carbocycles. The molecule has 0 aromatic carbocycles. The van der Waals surface area contributed by atoms with Crippen LogP contribution in [0.25, 0.3) is 0 Å². The van der Waals surface area contributed by atoms with Crippen LogP contribution in [-0.2, 0) is 15.3 Å². The van der Waals surface area contributed by atoms with Gasteiger partial charge in [0.05, 0.1) is 19.2 Å². The molecule has 1 aromatic heterocycles. The van der Waals surface area contributed by atoms with E-state index in [0.29, 0.717) is 6.42 Å². The maximum atomic E-state index is 10.9. The van der Waals surface area contributed by atoms with Gasteiger partial charge in [0.2, 0.25) is 0 Å². The normalized spacial score (nSPS) is 10.1. The van der Waals surface area contributed by atoms with Crippen LogP contribution in [0.15, 0.2) is 18.3 Å². The molecular weight excluding hydrogens is 248 g/mol. The number of carbonyl (C=O) groups excluding carboxylic acids is 1. The Morgan fingerprint density at radius 1 is 1.56 bits per heavy atom. The van der Waals surface area contributed by atoms with Crippen molar-refractivity contribution in [2.45, 2.75) is 25.5 Å². The number of nitrogens with zero attached hydrogens (tertiary/aromatic N) is 1. The predicted octanol–water partition coefficient (Wildman–Crippen LogP) is 2.70. The van der Waals surface area contributed by atoms with Crippen molar-refractivity contribution in [3.05, 3.63) is 24.0 Å². The zero-order valence-electron chi connectivity index (χ0n) is 10.9. The second-order valence-electron chi connectivity index (χ2n) is 3.84. The Labute approximate surface area is 113 Å². The van der Waals surface area contributed by atoms with Gasteiger partial charge in [0.25, 0.3) is 0 Å². The smallest absolute Gasteiger partial charge is 0.306 e. The summed E-state index contributed by atoms with van der Waals surface area (Å²) in [6, 6.07) is 4.03. The zero-order valence-corrected chi connectivity index (χ0v) is 11.8. The predicted molar refractivity (Wildman–Crippen MR) is 75.8 cm³/mol. The van der Waals surface area contributed by atoms with Crippen molar-refractivity contribution in [2.24, 2.45) is 0 Å². The highest BCUT2D eigenvalue weighted by Gasteiger charge is 2.01. The monoisotopic (exact) mass is 268 g/mol. The number of hydrogen-bond donors (Lipinski definition) is 1. The Morgan fingerprint density at radius 2 is 2.39 bits per heavy atom. The van der Waals surface area contributed by atoms with Crippen LogP contribution in [0, 0.1) is 0 Å². The van der Waals surface area contributed by atoms with Gasteiger partial charge in [0.1, 0.15) is 0 Å². The number of carbonyl (C=O) groups is 1. The number of hydrogen-bond acceptors (Lipinski definition) is 5. The van der Waals surface area contributed by atoms with E-state index in [4.69, 9.17) is 0 Å². The van der Waals surface area contributed by atoms with E-state index in [1.165, 1.54) is 7.11 Å². The van der Waals surface area contributed by atoms with Gasteiger partial charge >= 0.3 is 5.97 Å². The first-order valence-electron chi connectivity index (χ1n) is 6.09. The van der Waals surface area contributed by atoms with Crippen LogP contribution in [-0.4, -0.2) is 30.4 Å². The van der Waals surface area contributed by atoms with Gasteiger partial charge in [-0.1, -0.05) is 6.92 Å². The summed E-state index contributed by atoms with van der Waals surface area (Å²) < 4.78 is 4.59. The quantitative estimate of drug-likeness (QED) is 0.580. The van der Waals surface area contributed by atoms with Crippen LogP contribution in [0.4, 0.5) is 5.69 Å². The topological polar surface area (TPSA) is 51.2 Å². The summed E-state index contributed by atoms with van der Waals surface area (Å²) in [5.41, 5.74) is 2.14. The summed E-state index contributed by atoms with van der Waals surface area (Å²) in [6.45, 7) is 3.11. The van der Waals surface area contributed by atoms with Crippen LogP contribution in [0.5, 0.6) is 0 Å². The summed E-state index contributed by atoms with van der Waals surface area (Å²) in [4.78, 5) is 15.2. The summed E-state index contributed by atoms with van der Waals surface area (Å²) in [5.74, 6) is 1.42. The lowest BCUT2D eigenvalue weighted by atomic mass is 10.3. The molecule has 0 amide bonds. The maximum absolute atomic E-state index is 10.9. The number of methoxy groups -OCH3 is 1. The summed E-state index contributed by atoms with van der Waals surface area (Å²) in [6.07, 6.45) is 3.37. The van der Waals surface area contributed by atoms with Gasteiger partial charge in [0.15, 0.2) is 0 Å². The molecule has 0 saturated heterocycles. The average Bonchev–Trinajstić information content (AvgIpc) is 2.41. The van der Waals surface area contributed by atoms with Gasteiger partial charge in [-0.2, -0.15) is 11.8 Å². The maximum Gasteiger partial charge on any atom is 0.306 e. The lowest BCUT2D eigenvalue weighted by molar-refractivity contribution is -0.140. The first-order valence-corrected chi connectivity index (χ1v) is 7.25. The highest BCUT2D eigenvalue weighted by molar-refractivity contribution is 7.98. The fourth-order valence-corrected chi connectivity index (χ4v) is 2.19.